The second-order valence-corrected chi connectivity index (χ2v) is 4.43. The molecule has 88 valence electrons. The van der Waals surface area contributed by atoms with Gasteiger partial charge in [0.15, 0.2) is 0 Å². The topological polar surface area (TPSA) is 35.5 Å². The van der Waals surface area contributed by atoms with E-state index in [2.05, 4.69) is 4.74 Å². The Hall–Kier alpha value is -1.51. The molecule has 0 unspecified atom stereocenters. The molecule has 0 aliphatic heterocycles. The van der Waals surface area contributed by atoms with E-state index in [-0.39, 0.29) is 12.4 Å². The van der Waals surface area contributed by atoms with E-state index in [1.54, 1.807) is 0 Å². The lowest BCUT2D eigenvalue weighted by molar-refractivity contribution is -0.144. The highest BCUT2D eigenvalue weighted by Gasteiger charge is 2.24. The molecule has 0 fully saturated rings. The summed E-state index contributed by atoms with van der Waals surface area (Å²) >= 11 is 0. The highest BCUT2D eigenvalue weighted by atomic mass is 16.5. The van der Waals surface area contributed by atoms with E-state index in [1.807, 2.05) is 45.0 Å². The number of carbonyl (C=O) groups is 1. The number of rotatable bonds is 4. The smallest absolute Gasteiger partial charge is 0.309 e. The average Bonchev–Trinajstić information content (AvgIpc) is 2.20. The lowest BCUT2D eigenvalue weighted by Crippen LogP contribution is -2.31. The van der Waals surface area contributed by atoms with Crippen LogP contribution in [0.4, 0.5) is 0 Å². The van der Waals surface area contributed by atoms with Crippen LogP contribution in [0.5, 0.6) is 5.75 Å². The van der Waals surface area contributed by atoms with E-state index in [9.17, 15) is 4.79 Å². The van der Waals surface area contributed by atoms with E-state index < -0.39 is 5.60 Å². The van der Waals surface area contributed by atoms with Crippen molar-refractivity contribution in [2.45, 2.75) is 32.8 Å². The fourth-order valence-electron chi connectivity index (χ4n) is 1.38. The van der Waals surface area contributed by atoms with Crippen molar-refractivity contribution in [3.63, 3.8) is 0 Å². The Bertz CT molecular complexity index is 352. The van der Waals surface area contributed by atoms with Crippen molar-refractivity contribution in [2.24, 2.45) is 0 Å². The first-order valence-electron chi connectivity index (χ1n) is 5.25. The monoisotopic (exact) mass is 222 g/mol. The molecule has 0 aromatic heterocycles. The summed E-state index contributed by atoms with van der Waals surface area (Å²) in [5.74, 6) is 0.497. The first-order valence-corrected chi connectivity index (χ1v) is 5.25. The maximum absolute atomic E-state index is 11.2. The molecule has 0 bridgehead atoms. The number of hydrogen-bond donors (Lipinski definition) is 0. The number of benzene rings is 1. The van der Waals surface area contributed by atoms with Gasteiger partial charge in [0.2, 0.25) is 0 Å². The summed E-state index contributed by atoms with van der Waals surface area (Å²) in [7, 11) is 1.38. The molecule has 0 amide bonds. The Morgan fingerprint density at radius 3 is 2.31 bits per heavy atom. The lowest BCUT2D eigenvalue weighted by atomic mass is 10.1. The van der Waals surface area contributed by atoms with Gasteiger partial charge in [-0.1, -0.05) is 17.7 Å². The molecule has 0 aliphatic rings. The number of ether oxygens (including phenoxy) is 2. The maximum Gasteiger partial charge on any atom is 0.309 e. The van der Waals surface area contributed by atoms with Crippen molar-refractivity contribution in [3.8, 4) is 5.75 Å². The van der Waals surface area contributed by atoms with E-state index in [0.717, 1.165) is 5.75 Å². The Morgan fingerprint density at radius 2 is 1.81 bits per heavy atom. The van der Waals surface area contributed by atoms with Crippen molar-refractivity contribution in [1.29, 1.82) is 0 Å². The molecule has 1 aromatic carbocycles. The molecular weight excluding hydrogens is 204 g/mol. The molecule has 1 aromatic rings. The van der Waals surface area contributed by atoms with Crippen LogP contribution in [0.25, 0.3) is 0 Å². The minimum Gasteiger partial charge on any atom is -0.487 e. The summed E-state index contributed by atoms with van der Waals surface area (Å²) < 4.78 is 10.4. The second kappa shape index (κ2) is 5.01. The number of esters is 1. The first kappa shape index (κ1) is 12.6. The Morgan fingerprint density at radius 1 is 1.25 bits per heavy atom. The van der Waals surface area contributed by atoms with Gasteiger partial charge in [0.05, 0.1) is 13.5 Å². The van der Waals surface area contributed by atoms with Crippen LogP contribution < -0.4 is 4.74 Å². The average molecular weight is 222 g/mol. The molecule has 0 saturated heterocycles. The van der Waals surface area contributed by atoms with Crippen molar-refractivity contribution in [3.05, 3.63) is 29.8 Å². The van der Waals surface area contributed by atoms with Crippen molar-refractivity contribution < 1.29 is 14.3 Å². The third kappa shape index (κ3) is 3.93. The predicted molar refractivity (Wildman–Crippen MR) is 62.5 cm³/mol. The standard InChI is InChI=1S/C13H18O3/c1-10-5-7-11(8-6-10)16-13(2,3)9-12(14)15-4/h5-8H,9H2,1-4H3. The van der Waals surface area contributed by atoms with Crippen molar-refractivity contribution >= 4 is 5.97 Å². The minimum atomic E-state index is -0.553. The summed E-state index contributed by atoms with van der Waals surface area (Å²) in [6, 6.07) is 7.75. The van der Waals surface area contributed by atoms with Gasteiger partial charge in [0, 0.05) is 0 Å². The highest BCUT2D eigenvalue weighted by molar-refractivity contribution is 5.70. The molecule has 3 heteroatoms. The maximum atomic E-state index is 11.2. The molecule has 0 saturated carbocycles. The van der Waals surface area contributed by atoms with Gasteiger partial charge in [-0.05, 0) is 32.9 Å². The van der Waals surface area contributed by atoms with Crippen LogP contribution in [0, 0.1) is 6.92 Å². The van der Waals surface area contributed by atoms with Gasteiger partial charge in [-0.15, -0.1) is 0 Å². The van der Waals surface area contributed by atoms with Gasteiger partial charge in [-0.25, -0.2) is 0 Å². The number of carbonyl (C=O) groups excluding carboxylic acids is 1. The zero-order valence-corrected chi connectivity index (χ0v) is 10.2. The van der Waals surface area contributed by atoms with Crippen LogP contribution >= 0.6 is 0 Å². The molecule has 0 atom stereocenters. The fourth-order valence-corrected chi connectivity index (χ4v) is 1.38. The Kier molecular flexibility index (Phi) is 3.93. The minimum absolute atomic E-state index is 0.234. The van der Waals surface area contributed by atoms with Gasteiger partial charge >= 0.3 is 5.97 Å². The third-order valence-corrected chi connectivity index (χ3v) is 2.21. The summed E-state index contributed by atoms with van der Waals surface area (Å²) in [6.45, 7) is 5.75. The SMILES string of the molecule is COC(=O)CC(C)(C)Oc1ccc(C)cc1. The third-order valence-electron chi connectivity index (χ3n) is 2.21. The molecule has 0 radical (unpaired) electrons. The van der Waals surface area contributed by atoms with Crippen LogP contribution in [0.15, 0.2) is 24.3 Å². The molecule has 16 heavy (non-hydrogen) atoms. The molecule has 0 spiro atoms. The van der Waals surface area contributed by atoms with Crippen molar-refractivity contribution in [1.82, 2.24) is 0 Å². The van der Waals surface area contributed by atoms with Crippen LogP contribution in [0.3, 0.4) is 0 Å². The van der Waals surface area contributed by atoms with E-state index in [0.29, 0.717) is 0 Å². The lowest BCUT2D eigenvalue weighted by Gasteiger charge is -2.25. The molecule has 0 N–H and O–H groups in total. The zero-order chi connectivity index (χ0) is 12.2. The van der Waals surface area contributed by atoms with E-state index >= 15 is 0 Å². The van der Waals surface area contributed by atoms with E-state index in [4.69, 9.17) is 4.74 Å². The predicted octanol–water partition coefficient (Wildman–Crippen LogP) is 2.72. The number of methoxy groups -OCH3 is 1. The van der Waals surface area contributed by atoms with Gasteiger partial charge in [-0.3, -0.25) is 4.79 Å². The number of hydrogen-bond acceptors (Lipinski definition) is 3. The van der Waals surface area contributed by atoms with Crippen LogP contribution in [-0.4, -0.2) is 18.7 Å². The molecule has 3 nitrogen and oxygen atoms in total. The normalized spacial score (nSPS) is 11.0. The molecular formula is C13H18O3. The first-order chi connectivity index (χ1) is 7.43. The highest BCUT2D eigenvalue weighted by Crippen LogP contribution is 2.21. The Balaban J connectivity index is 2.64. The molecule has 1 rings (SSSR count). The van der Waals surface area contributed by atoms with Gasteiger partial charge < -0.3 is 9.47 Å². The number of aryl methyl sites for hydroxylation is 1. The van der Waals surface area contributed by atoms with Gasteiger partial charge in [0.25, 0.3) is 0 Å². The molecule has 0 heterocycles. The largest absolute Gasteiger partial charge is 0.487 e. The van der Waals surface area contributed by atoms with Crippen LogP contribution in [-0.2, 0) is 9.53 Å². The van der Waals surface area contributed by atoms with Gasteiger partial charge in [0.1, 0.15) is 11.4 Å². The molecule has 0 aliphatic carbocycles. The van der Waals surface area contributed by atoms with Gasteiger partial charge in [-0.2, -0.15) is 0 Å². The summed E-state index contributed by atoms with van der Waals surface area (Å²) in [5.41, 5.74) is 0.626. The van der Waals surface area contributed by atoms with Crippen molar-refractivity contribution in [2.75, 3.05) is 7.11 Å². The summed E-state index contributed by atoms with van der Waals surface area (Å²) in [5, 5.41) is 0. The van der Waals surface area contributed by atoms with Crippen LogP contribution in [0.1, 0.15) is 25.8 Å². The summed E-state index contributed by atoms with van der Waals surface area (Å²) in [6.07, 6.45) is 0.234. The van der Waals surface area contributed by atoms with E-state index in [1.165, 1.54) is 12.7 Å². The quantitative estimate of drug-likeness (QED) is 0.735. The zero-order valence-electron chi connectivity index (χ0n) is 10.2. The Labute approximate surface area is 96.4 Å². The fraction of sp³-hybridized carbons (Fsp3) is 0.462. The summed E-state index contributed by atoms with van der Waals surface area (Å²) in [4.78, 5) is 11.2. The van der Waals surface area contributed by atoms with Crippen LogP contribution in [0.2, 0.25) is 0 Å². The second-order valence-electron chi connectivity index (χ2n) is 4.43.